The molecular weight excluding hydrogens is 185 g/mol. The Balaban J connectivity index is 2.55. The van der Waals surface area contributed by atoms with Crippen molar-refractivity contribution in [2.24, 2.45) is 5.73 Å². The fourth-order valence-electron chi connectivity index (χ4n) is 1.27. The van der Waals surface area contributed by atoms with Crippen LogP contribution in [0.5, 0.6) is 0 Å². The van der Waals surface area contributed by atoms with Gasteiger partial charge in [0.05, 0.1) is 18.0 Å². The lowest BCUT2D eigenvalue weighted by atomic mass is 10.1. The van der Waals surface area contributed by atoms with Gasteiger partial charge in [0, 0.05) is 5.39 Å². The average molecular weight is 193 g/mol. The minimum Gasteiger partial charge on any atom is -0.387 e. The van der Waals surface area contributed by atoms with E-state index in [0.717, 1.165) is 0 Å². The summed E-state index contributed by atoms with van der Waals surface area (Å²) in [5.74, 6) is -0.380. The number of nitrogens with two attached hydrogens (primary N) is 1. The van der Waals surface area contributed by atoms with Crippen molar-refractivity contribution < 1.29 is 8.91 Å². The molecule has 0 aliphatic carbocycles. The average Bonchev–Trinajstić information content (AvgIpc) is 2.47. The van der Waals surface area contributed by atoms with Crippen molar-refractivity contribution >= 4 is 16.8 Å². The van der Waals surface area contributed by atoms with Crippen LogP contribution in [0.4, 0.5) is 4.39 Å². The number of nitrogens with zero attached hydrogens (tertiary/aromatic N) is 1. The topological polar surface area (TPSA) is 75.9 Å². The molecule has 14 heavy (non-hydrogen) atoms. The number of fused-ring (bicyclic) bond motifs is 1. The second kappa shape index (κ2) is 3.10. The normalized spacial score (nSPS) is 10.6. The maximum absolute atomic E-state index is 12.9. The number of hydrogen-bond donors (Lipinski definition) is 2. The Kier molecular flexibility index (Phi) is 1.92. The van der Waals surface area contributed by atoms with Gasteiger partial charge in [-0.25, -0.2) is 4.39 Å². The van der Waals surface area contributed by atoms with Crippen LogP contribution in [-0.2, 0) is 6.42 Å². The third-order valence-corrected chi connectivity index (χ3v) is 1.86. The molecule has 0 fully saturated rings. The zero-order valence-corrected chi connectivity index (χ0v) is 7.25. The Morgan fingerprint density at radius 2 is 2.36 bits per heavy atom. The van der Waals surface area contributed by atoms with Crippen molar-refractivity contribution in [1.82, 2.24) is 5.16 Å². The molecule has 3 N–H and O–H groups in total. The van der Waals surface area contributed by atoms with Crippen molar-refractivity contribution in [1.29, 1.82) is 5.41 Å². The summed E-state index contributed by atoms with van der Waals surface area (Å²) in [6.07, 6.45) is 0.177. The molecule has 72 valence electrons. The molecule has 0 saturated carbocycles. The van der Waals surface area contributed by atoms with Crippen molar-refractivity contribution in [3.63, 3.8) is 0 Å². The van der Waals surface area contributed by atoms with Gasteiger partial charge in [-0.2, -0.15) is 0 Å². The minimum absolute atomic E-state index is 0.0236. The highest BCUT2D eigenvalue weighted by Crippen LogP contribution is 2.19. The van der Waals surface area contributed by atoms with Crippen molar-refractivity contribution in [2.75, 3.05) is 0 Å². The van der Waals surface area contributed by atoms with Crippen LogP contribution in [0.25, 0.3) is 11.0 Å². The van der Waals surface area contributed by atoms with Gasteiger partial charge in [-0.1, -0.05) is 5.16 Å². The lowest BCUT2D eigenvalue weighted by Gasteiger charge is -1.93. The summed E-state index contributed by atoms with van der Waals surface area (Å²) in [4.78, 5) is 0. The summed E-state index contributed by atoms with van der Waals surface area (Å²) < 4.78 is 17.8. The fraction of sp³-hybridized carbons (Fsp3) is 0.111. The van der Waals surface area contributed by atoms with E-state index >= 15 is 0 Å². The van der Waals surface area contributed by atoms with E-state index < -0.39 is 0 Å². The largest absolute Gasteiger partial charge is 0.387 e. The summed E-state index contributed by atoms with van der Waals surface area (Å²) in [6, 6.07) is 4.12. The van der Waals surface area contributed by atoms with Crippen LogP contribution < -0.4 is 5.73 Å². The summed E-state index contributed by atoms with van der Waals surface area (Å²) in [5.41, 5.74) is 6.22. The molecule has 0 atom stereocenters. The third kappa shape index (κ3) is 1.44. The number of amidine groups is 1. The Labute approximate surface area is 79.0 Å². The SMILES string of the molecule is N=C(N)Cc1noc2ccc(F)cc12. The van der Waals surface area contributed by atoms with Crippen LogP contribution in [0.3, 0.4) is 0 Å². The van der Waals surface area contributed by atoms with Crippen LogP contribution in [0.2, 0.25) is 0 Å². The van der Waals surface area contributed by atoms with Gasteiger partial charge in [0.15, 0.2) is 5.58 Å². The lowest BCUT2D eigenvalue weighted by Crippen LogP contribution is -2.12. The monoisotopic (exact) mass is 193 g/mol. The quantitative estimate of drug-likeness (QED) is 0.559. The number of rotatable bonds is 2. The zero-order valence-electron chi connectivity index (χ0n) is 7.25. The van der Waals surface area contributed by atoms with Gasteiger partial charge in [-0.05, 0) is 18.2 Å². The van der Waals surface area contributed by atoms with Crippen LogP contribution in [0.1, 0.15) is 5.69 Å². The number of aromatic nitrogens is 1. The fourth-order valence-corrected chi connectivity index (χ4v) is 1.27. The highest BCUT2D eigenvalue weighted by atomic mass is 19.1. The van der Waals surface area contributed by atoms with E-state index in [1.54, 1.807) is 0 Å². The standard InChI is InChI=1S/C9H8FN3O/c10-5-1-2-8-6(3-5)7(13-14-8)4-9(11)12/h1-3H,4H2,(H3,11,12). The zero-order chi connectivity index (χ0) is 10.1. The molecule has 0 saturated heterocycles. The molecule has 1 heterocycles. The molecule has 0 radical (unpaired) electrons. The first-order valence-electron chi connectivity index (χ1n) is 4.03. The number of benzene rings is 1. The molecule has 0 aliphatic heterocycles. The Morgan fingerprint density at radius 3 is 3.07 bits per heavy atom. The van der Waals surface area contributed by atoms with Crippen molar-refractivity contribution in [3.05, 3.63) is 29.7 Å². The molecular formula is C9H8FN3O. The smallest absolute Gasteiger partial charge is 0.167 e. The molecule has 0 bridgehead atoms. The summed E-state index contributed by atoms with van der Waals surface area (Å²) >= 11 is 0. The highest BCUT2D eigenvalue weighted by Gasteiger charge is 2.09. The van der Waals surface area contributed by atoms with Crippen LogP contribution in [0.15, 0.2) is 22.7 Å². The third-order valence-electron chi connectivity index (χ3n) is 1.86. The van der Waals surface area contributed by atoms with Crippen LogP contribution in [0, 0.1) is 11.2 Å². The van der Waals surface area contributed by atoms with Gasteiger partial charge in [0.25, 0.3) is 0 Å². The number of hydrogen-bond acceptors (Lipinski definition) is 3. The van der Waals surface area contributed by atoms with Gasteiger partial charge in [-0.15, -0.1) is 0 Å². The van der Waals surface area contributed by atoms with Crippen LogP contribution >= 0.6 is 0 Å². The van der Waals surface area contributed by atoms with E-state index in [9.17, 15) is 4.39 Å². The lowest BCUT2D eigenvalue weighted by molar-refractivity contribution is 0.448. The maximum atomic E-state index is 12.9. The molecule has 1 aromatic heterocycles. The molecule has 5 heteroatoms. The van der Waals surface area contributed by atoms with E-state index in [2.05, 4.69) is 5.16 Å². The Bertz CT molecular complexity index is 492. The molecule has 4 nitrogen and oxygen atoms in total. The second-order valence-electron chi connectivity index (χ2n) is 2.97. The maximum Gasteiger partial charge on any atom is 0.167 e. The predicted molar refractivity (Wildman–Crippen MR) is 49.6 cm³/mol. The van der Waals surface area contributed by atoms with Crippen molar-refractivity contribution in [2.45, 2.75) is 6.42 Å². The summed E-state index contributed by atoms with van der Waals surface area (Å²) in [7, 11) is 0. The van der Waals surface area contributed by atoms with Crippen molar-refractivity contribution in [3.8, 4) is 0 Å². The Hall–Kier alpha value is -1.91. The van der Waals surface area contributed by atoms with E-state index in [4.69, 9.17) is 15.7 Å². The molecule has 1 aromatic carbocycles. The van der Waals surface area contributed by atoms with Gasteiger partial charge >= 0.3 is 0 Å². The highest BCUT2D eigenvalue weighted by molar-refractivity contribution is 5.86. The molecule has 0 unspecified atom stereocenters. The van der Waals surface area contributed by atoms with E-state index in [1.807, 2.05) is 0 Å². The first-order valence-corrected chi connectivity index (χ1v) is 4.03. The van der Waals surface area contributed by atoms with Gasteiger partial charge in [0.2, 0.25) is 0 Å². The van der Waals surface area contributed by atoms with Crippen LogP contribution in [-0.4, -0.2) is 11.0 Å². The van der Waals surface area contributed by atoms with Gasteiger partial charge < -0.3 is 10.3 Å². The molecule has 0 aliphatic rings. The first kappa shape index (κ1) is 8.68. The predicted octanol–water partition coefficient (Wildman–Crippen LogP) is 1.45. The molecule has 0 amide bonds. The molecule has 2 aromatic rings. The van der Waals surface area contributed by atoms with Gasteiger partial charge in [-0.3, -0.25) is 5.41 Å². The Morgan fingerprint density at radius 1 is 1.57 bits per heavy atom. The molecule has 0 spiro atoms. The second-order valence-corrected chi connectivity index (χ2v) is 2.97. The minimum atomic E-state index is -0.356. The van der Waals surface area contributed by atoms with Gasteiger partial charge in [0.1, 0.15) is 5.82 Å². The number of halogens is 1. The molecule has 2 rings (SSSR count). The first-order chi connectivity index (χ1) is 6.66. The summed E-state index contributed by atoms with van der Waals surface area (Å²) in [6.45, 7) is 0. The van der Waals surface area contributed by atoms with E-state index in [0.29, 0.717) is 16.7 Å². The van der Waals surface area contributed by atoms with E-state index in [1.165, 1.54) is 18.2 Å². The summed E-state index contributed by atoms with van der Waals surface area (Å²) in [5, 5.41) is 11.4. The number of nitrogens with one attached hydrogen (secondary N) is 1. The van der Waals surface area contributed by atoms with E-state index in [-0.39, 0.29) is 18.1 Å².